The summed E-state index contributed by atoms with van der Waals surface area (Å²) in [5, 5.41) is 9.24. The Balaban J connectivity index is 2.28. The predicted molar refractivity (Wildman–Crippen MR) is 56.7 cm³/mol. The predicted octanol–water partition coefficient (Wildman–Crippen LogP) is 0.0683. The van der Waals surface area contributed by atoms with E-state index in [1.807, 2.05) is 4.90 Å². The Labute approximate surface area is 92.1 Å². The maximum absolute atomic E-state index is 9.16. The van der Waals surface area contributed by atoms with E-state index in [1.165, 1.54) is 0 Å². The minimum absolute atomic E-state index is 0.0582. The minimum atomic E-state index is 0.0582. The first kappa shape index (κ1) is 10.4. The van der Waals surface area contributed by atoms with Gasteiger partial charge < -0.3 is 15.7 Å². The van der Waals surface area contributed by atoms with Crippen molar-refractivity contribution in [2.45, 2.75) is 18.9 Å². The van der Waals surface area contributed by atoms with Gasteiger partial charge in [-0.1, -0.05) is 0 Å². The monoisotopic (exact) mass is 229 g/mol. The lowest BCUT2D eigenvalue weighted by Gasteiger charge is -2.22. The van der Waals surface area contributed by atoms with Gasteiger partial charge in [0.2, 0.25) is 17.2 Å². The number of aliphatic hydroxyl groups excluding tert-OH is 1. The van der Waals surface area contributed by atoms with E-state index >= 15 is 0 Å². The van der Waals surface area contributed by atoms with E-state index in [9.17, 15) is 0 Å². The van der Waals surface area contributed by atoms with Crippen LogP contribution in [0.1, 0.15) is 12.8 Å². The topological polar surface area (TPSA) is 88.2 Å². The number of nitrogens with zero attached hydrogens (tertiary/aromatic N) is 4. The highest BCUT2D eigenvalue weighted by atomic mass is 35.5. The van der Waals surface area contributed by atoms with Crippen LogP contribution in [0.4, 0.5) is 11.9 Å². The van der Waals surface area contributed by atoms with E-state index in [0.29, 0.717) is 5.95 Å². The average Bonchev–Trinajstić information content (AvgIpc) is 2.63. The Morgan fingerprint density at radius 1 is 1.47 bits per heavy atom. The quantitative estimate of drug-likeness (QED) is 0.746. The van der Waals surface area contributed by atoms with Gasteiger partial charge in [0.15, 0.2) is 0 Å². The number of rotatable bonds is 2. The van der Waals surface area contributed by atoms with Crippen LogP contribution in [0.15, 0.2) is 0 Å². The third-order valence-corrected chi connectivity index (χ3v) is 2.63. The fourth-order valence-corrected chi connectivity index (χ4v) is 1.93. The first-order chi connectivity index (χ1) is 7.20. The van der Waals surface area contributed by atoms with Gasteiger partial charge in [-0.05, 0) is 24.4 Å². The number of hydrogen-bond donors (Lipinski definition) is 2. The Morgan fingerprint density at radius 3 is 2.93 bits per heavy atom. The summed E-state index contributed by atoms with van der Waals surface area (Å²) >= 11 is 5.69. The molecule has 1 aromatic rings. The molecule has 2 heterocycles. The standard InChI is InChI=1S/C8H12ClN5O/c9-6-11-7(10)13-8(12-6)14-3-1-2-5(14)4-15/h5,15H,1-4H2,(H2,10,11,12,13). The highest BCUT2D eigenvalue weighted by molar-refractivity contribution is 6.28. The van der Waals surface area contributed by atoms with E-state index in [0.717, 1.165) is 19.4 Å². The second kappa shape index (κ2) is 4.16. The van der Waals surface area contributed by atoms with E-state index in [1.54, 1.807) is 0 Å². The Morgan fingerprint density at radius 2 is 2.27 bits per heavy atom. The largest absolute Gasteiger partial charge is 0.394 e. The molecule has 0 spiro atoms. The summed E-state index contributed by atoms with van der Waals surface area (Å²) < 4.78 is 0. The van der Waals surface area contributed by atoms with Gasteiger partial charge >= 0.3 is 0 Å². The van der Waals surface area contributed by atoms with E-state index < -0.39 is 0 Å². The van der Waals surface area contributed by atoms with Crippen molar-refractivity contribution in [3.63, 3.8) is 0 Å². The van der Waals surface area contributed by atoms with Gasteiger partial charge in [0.05, 0.1) is 12.6 Å². The summed E-state index contributed by atoms with van der Waals surface area (Å²) in [5.41, 5.74) is 5.48. The number of aromatic nitrogens is 3. The van der Waals surface area contributed by atoms with Crippen LogP contribution in [0.2, 0.25) is 5.28 Å². The number of nitrogens with two attached hydrogens (primary N) is 1. The van der Waals surface area contributed by atoms with Crippen LogP contribution >= 0.6 is 11.6 Å². The first-order valence-electron chi connectivity index (χ1n) is 4.75. The van der Waals surface area contributed by atoms with Crippen molar-refractivity contribution in [3.8, 4) is 0 Å². The highest BCUT2D eigenvalue weighted by Gasteiger charge is 2.26. The molecule has 1 aliphatic heterocycles. The summed E-state index contributed by atoms with van der Waals surface area (Å²) in [4.78, 5) is 13.6. The van der Waals surface area contributed by atoms with E-state index in [-0.39, 0.29) is 23.9 Å². The Hall–Kier alpha value is -1.14. The summed E-state index contributed by atoms with van der Waals surface area (Å²) in [6, 6.07) is 0.0582. The second-order valence-electron chi connectivity index (χ2n) is 3.43. The van der Waals surface area contributed by atoms with Gasteiger partial charge in [0, 0.05) is 6.54 Å². The molecule has 15 heavy (non-hydrogen) atoms. The lowest BCUT2D eigenvalue weighted by molar-refractivity contribution is 0.265. The molecule has 1 aliphatic rings. The van der Waals surface area contributed by atoms with Crippen LogP contribution in [-0.2, 0) is 0 Å². The number of halogens is 1. The zero-order valence-corrected chi connectivity index (χ0v) is 8.85. The molecule has 1 aromatic heterocycles. The van der Waals surface area contributed by atoms with Crippen LogP contribution < -0.4 is 10.6 Å². The molecule has 2 rings (SSSR count). The van der Waals surface area contributed by atoms with Crippen molar-refractivity contribution >= 4 is 23.5 Å². The normalized spacial score (nSPS) is 20.9. The molecular weight excluding hydrogens is 218 g/mol. The van der Waals surface area contributed by atoms with E-state index in [4.69, 9.17) is 22.4 Å². The molecule has 7 heteroatoms. The van der Waals surface area contributed by atoms with Gasteiger partial charge in [0.25, 0.3) is 0 Å². The van der Waals surface area contributed by atoms with Crippen molar-refractivity contribution in [1.82, 2.24) is 15.0 Å². The molecule has 0 bridgehead atoms. The SMILES string of the molecule is Nc1nc(Cl)nc(N2CCCC2CO)n1. The fourth-order valence-electron chi connectivity index (χ4n) is 1.77. The van der Waals surface area contributed by atoms with Crippen LogP contribution in [0, 0.1) is 0 Å². The number of hydrogen-bond acceptors (Lipinski definition) is 6. The molecular formula is C8H12ClN5O. The maximum atomic E-state index is 9.16. The smallest absolute Gasteiger partial charge is 0.231 e. The Bertz CT molecular complexity index is 341. The fraction of sp³-hybridized carbons (Fsp3) is 0.625. The zero-order chi connectivity index (χ0) is 10.8. The van der Waals surface area contributed by atoms with Crippen molar-refractivity contribution in [3.05, 3.63) is 5.28 Å². The maximum Gasteiger partial charge on any atom is 0.231 e. The summed E-state index contributed by atoms with van der Waals surface area (Å²) in [7, 11) is 0. The van der Waals surface area contributed by atoms with Crippen molar-refractivity contribution < 1.29 is 5.11 Å². The third-order valence-electron chi connectivity index (χ3n) is 2.46. The van der Waals surface area contributed by atoms with Crippen molar-refractivity contribution in [1.29, 1.82) is 0 Å². The molecule has 0 amide bonds. The van der Waals surface area contributed by atoms with Gasteiger partial charge in [-0.15, -0.1) is 0 Å². The van der Waals surface area contributed by atoms with Crippen LogP contribution in [0.5, 0.6) is 0 Å². The molecule has 0 aromatic carbocycles. The third kappa shape index (κ3) is 2.10. The molecule has 0 radical (unpaired) electrons. The average molecular weight is 230 g/mol. The van der Waals surface area contributed by atoms with Crippen molar-refractivity contribution in [2.75, 3.05) is 23.8 Å². The second-order valence-corrected chi connectivity index (χ2v) is 3.77. The highest BCUT2D eigenvalue weighted by Crippen LogP contribution is 2.22. The van der Waals surface area contributed by atoms with Gasteiger partial charge in [-0.25, -0.2) is 0 Å². The molecule has 1 saturated heterocycles. The summed E-state index contributed by atoms with van der Waals surface area (Å²) in [6.45, 7) is 0.897. The van der Waals surface area contributed by atoms with Gasteiger partial charge in [-0.3, -0.25) is 0 Å². The van der Waals surface area contributed by atoms with Crippen LogP contribution in [-0.4, -0.2) is 39.3 Å². The van der Waals surface area contributed by atoms with Gasteiger partial charge in [0.1, 0.15) is 0 Å². The molecule has 0 saturated carbocycles. The lowest BCUT2D eigenvalue weighted by Crippen LogP contribution is -2.33. The molecule has 1 unspecified atom stereocenters. The molecule has 6 nitrogen and oxygen atoms in total. The lowest BCUT2D eigenvalue weighted by atomic mass is 10.2. The molecule has 1 fully saturated rings. The minimum Gasteiger partial charge on any atom is -0.394 e. The molecule has 1 atom stereocenters. The first-order valence-corrected chi connectivity index (χ1v) is 5.13. The molecule has 3 N–H and O–H groups in total. The van der Waals surface area contributed by atoms with Crippen LogP contribution in [0.3, 0.4) is 0 Å². The Kier molecular flexibility index (Phi) is 2.88. The zero-order valence-electron chi connectivity index (χ0n) is 8.10. The van der Waals surface area contributed by atoms with Gasteiger partial charge in [-0.2, -0.15) is 15.0 Å². The number of aliphatic hydroxyl groups is 1. The number of anilines is 2. The molecule has 0 aliphatic carbocycles. The van der Waals surface area contributed by atoms with Crippen molar-refractivity contribution in [2.24, 2.45) is 0 Å². The van der Waals surface area contributed by atoms with E-state index in [2.05, 4.69) is 15.0 Å². The summed E-state index contributed by atoms with van der Waals surface area (Å²) in [6.07, 6.45) is 1.94. The number of nitrogen functional groups attached to an aromatic ring is 1. The summed E-state index contributed by atoms with van der Waals surface area (Å²) in [5.74, 6) is 0.553. The molecule has 82 valence electrons. The van der Waals surface area contributed by atoms with Crippen LogP contribution in [0.25, 0.3) is 0 Å².